The van der Waals surface area contributed by atoms with E-state index >= 15 is 0 Å². The van der Waals surface area contributed by atoms with Crippen LogP contribution in [0.2, 0.25) is 0 Å². The van der Waals surface area contributed by atoms with Crippen molar-refractivity contribution >= 4 is 40.3 Å². The third-order valence-corrected chi connectivity index (χ3v) is 3.80. The van der Waals surface area contributed by atoms with Gasteiger partial charge in [0.25, 0.3) is 0 Å². The van der Waals surface area contributed by atoms with E-state index in [4.69, 9.17) is 5.11 Å². The summed E-state index contributed by atoms with van der Waals surface area (Å²) in [4.78, 5) is 15.5. The van der Waals surface area contributed by atoms with Gasteiger partial charge in [0.05, 0.1) is 11.3 Å². The number of carboxylic acid groups (broad SMARTS) is 1. The fourth-order valence-electron chi connectivity index (χ4n) is 1.97. The first kappa shape index (κ1) is 11.9. The van der Waals surface area contributed by atoms with Crippen molar-refractivity contribution in [3.8, 4) is 0 Å². The molecule has 3 rings (SSSR count). The van der Waals surface area contributed by atoms with E-state index in [1.54, 1.807) is 23.5 Å². The van der Waals surface area contributed by atoms with Gasteiger partial charge in [-0.2, -0.15) is 4.99 Å². The van der Waals surface area contributed by atoms with Crippen LogP contribution in [0.3, 0.4) is 0 Å². The Morgan fingerprint density at radius 2 is 2.26 bits per heavy atom. The summed E-state index contributed by atoms with van der Waals surface area (Å²) in [6.07, 6.45) is 0. The second kappa shape index (κ2) is 4.49. The Labute approximate surface area is 113 Å². The van der Waals surface area contributed by atoms with Gasteiger partial charge in [-0.1, -0.05) is 6.07 Å². The lowest BCUT2D eigenvalue weighted by molar-refractivity contribution is -0.438. The summed E-state index contributed by atoms with van der Waals surface area (Å²) in [6, 6.07) is 5.16. The summed E-state index contributed by atoms with van der Waals surface area (Å²) in [6.45, 7) is 2.02. The molecule has 0 fully saturated rings. The van der Waals surface area contributed by atoms with E-state index in [1.807, 2.05) is 29.1 Å². The number of thiophene rings is 1. The number of carboxylic acids is 1. The van der Waals surface area contributed by atoms with Gasteiger partial charge in [0.2, 0.25) is 0 Å². The molecule has 1 aliphatic rings. The monoisotopic (exact) mass is 274 g/mol. The van der Waals surface area contributed by atoms with E-state index in [0.717, 1.165) is 16.9 Å². The quantitative estimate of drug-likeness (QED) is 0.733. The Kier molecular flexibility index (Phi) is 2.81. The average Bonchev–Trinajstić information content (AvgIpc) is 2.95. The number of carbonyl (C=O) groups is 1. The number of aromatic carboxylic acids is 1. The molecular weight excluding hydrogens is 262 g/mol. The molecule has 0 amide bonds. The number of fused-ring (bicyclic) bond motifs is 1. The van der Waals surface area contributed by atoms with Crippen molar-refractivity contribution in [3.63, 3.8) is 0 Å². The van der Waals surface area contributed by atoms with Gasteiger partial charge < -0.3 is 5.11 Å². The van der Waals surface area contributed by atoms with E-state index in [1.165, 1.54) is 0 Å². The number of para-hydroxylation sites is 1. The molecule has 96 valence electrons. The highest BCUT2D eigenvalue weighted by molar-refractivity contribution is 7.08. The highest BCUT2D eigenvalue weighted by atomic mass is 32.1. The number of nitrogens with one attached hydrogen (secondary N) is 1. The van der Waals surface area contributed by atoms with Crippen molar-refractivity contribution in [3.05, 3.63) is 40.1 Å². The molecule has 0 bridgehead atoms. The molecule has 5 nitrogen and oxygen atoms in total. The number of anilines is 1. The van der Waals surface area contributed by atoms with Crippen molar-refractivity contribution in [2.24, 2.45) is 4.99 Å². The molecule has 4 N–H and O–H groups in total. The zero-order chi connectivity index (χ0) is 13.4. The third-order valence-electron chi connectivity index (χ3n) is 2.94. The first-order valence-corrected chi connectivity index (χ1v) is 6.69. The van der Waals surface area contributed by atoms with Crippen LogP contribution in [0.25, 0.3) is 0 Å². The number of guanidine groups is 1. The zero-order valence-electron chi connectivity index (χ0n) is 10.2. The number of hydrogen-bond acceptors (Lipinski definition) is 4. The maximum atomic E-state index is 11.1. The fourth-order valence-corrected chi connectivity index (χ4v) is 2.75. The zero-order valence-corrected chi connectivity index (χ0v) is 11.0. The summed E-state index contributed by atoms with van der Waals surface area (Å²) in [5.74, 6) is -0.285. The minimum Gasteiger partial charge on any atom is -0.478 e. The van der Waals surface area contributed by atoms with Crippen LogP contribution >= 0.6 is 11.3 Å². The second-order valence-electron chi connectivity index (χ2n) is 4.28. The summed E-state index contributed by atoms with van der Waals surface area (Å²) < 4.78 is 0. The average molecular weight is 274 g/mol. The van der Waals surface area contributed by atoms with Gasteiger partial charge in [-0.05, 0) is 23.9 Å². The smallest absolute Gasteiger partial charge is 0.338 e. The molecule has 0 unspecified atom stereocenters. The first-order valence-electron chi connectivity index (χ1n) is 5.75. The number of rotatable bonds is 2. The fraction of sp³-hybridized carbons (Fsp3) is 0.0769. The number of nitrogens with zero attached hydrogens (tertiary/aromatic N) is 1. The SMILES string of the molecule is Cc1cscc1NC1=Nc2c(cccc2C(=O)O)[NH2+]1. The van der Waals surface area contributed by atoms with Gasteiger partial charge in [0.1, 0.15) is 5.69 Å². The van der Waals surface area contributed by atoms with E-state index in [9.17, 15) is 4.79 Å². The predicted molar refractivity (Wildman–Crippen MR) is 74.8 cm³/mol. The Balaban J connectivity index is 1.92. The van der Waals surface area contributed by atoms with Crippen LogP contribution in [0, 0.1) is 6.92 Å². The molecule has 0 aliphatic carbocycles. The van der Waals surface area contributed by atoms with Gasteiger partial charge in [-0.25, -0.2) is 10.1 Å². The number of nitrogens with two attached hydrogens (primary N) is 1. The Hall–Kier alpha value is -2.18. The van der Waals surface area contributed by atoms with Crippen LogP contribution in [-0.2, 0) is 0 Å². The molecule has 0 saturated heterocycles. The summed E-state index contributed by atoms with van der Waals surface area (Å²) in [7, 11) is 0. The lowest BCUT2D eigenvalue weighted by atomic mass is 10.1. The molecule has 1 aromatic heterocycles. The molecular formula is C13H12N3O2S+. The van der Waals surface area contributed by atoms with Crippen LogP contribution in [0.15, 0.2) is 34.0 Å². The molecule has 19 heavy (non-hydrogen) atoms. The molecule has 0 spiro atoms. The van der Waals surface area contributed by atoms with E-state index in [0.29, 0.717) is 11.6 Å². The Bertz CT molecular complexity index is 691. The minimum absolute atomic E-state index is 0.229. The normalized spacial score (nSPS) is 13.0. The van der Waals surface area contributed by atoms with Crippen molar-refractivity contribution < 1.29 is 15.2 Å². The number of aliphatic imine (C=N–C) groups is 1. The van der Waals surface area contributed by atoms with Crippen molar-refractivity contribution in [2.45, 2.75) is 6.92 Å². The highest BCUT2D eigenvalue weighted by Crippen LogP contribution is 2.29. The molecule has 1 aromatic carbocycles. The Morgan fingerprint density at radius 1 is 1.42 bits per heavy atom. The third kappa shape index (κ3) is 2.11. The number of quaternary nitrogens is 1. The van der Waals surface area contributed by atoms with Gasteiger partial charge in [0, 0.05) is 11.4 Å². The van der Waals surface area contributed by atoms with E-state index < -0.39 is 5.97 Å². The van der Waals surface area contributed by atoms with Gasteiger partial charge in [0.15, 0.2) is 5.69 Å². The summed E-state index contributed by atoms with van der Waals surface area (Å²) >= 11 is 1.62. The van der Waals surface area contributed by atoms with Crippen LogP contribution in [0.4, 0.5) is 17.1 Å². The predicted octanol–water partition coefficient (Wildman–Crippen LogP) is 2.06. The minimum atomic E-state index is -0.957. The van der Waals surface area contributed by atoms with Crippen molar-refractivity contribution in [1.29, 1.82) is 0 Å². The number of aryl methyl sites for hydroxylation is 1. The molecule has 0 atom stereocenters. The van der Waals surface area contributed by atoms with Crippen LogP contribution < -0.4 is 10.6 Å². The number of hydrogen-bond donors (Lipinski definition) is 3. The first-order chi connectivity index (χ1) is 9.15. The van der Waals surface area contributed by atoms with Gasteiger partial charge in [-0.3, -0.25) is 5.32 Å². The lowest BCUT2D eigenvalue weighted by Gasteiger charge is -2.00. The van der Waals surface area contributed by atoms with Gasteiger partial charge >= 0.3 is 11.9 Å². The van der Waals surface area contributed by atoms with Crippen LogP contribution in [-0.4, -0.2) is 17.0 Å². The molecule has 1 aliphatic heterocycles. The molecule has 0 radical (unpaired) electrons. The van der Waals surface area contributed by atoms with Crippen LogP contribution in [0.1, 0.15) is 15.9 Å². The number of benzene rings is 1. The van der Waals surface area contributed by atoms with Crippen molar-refractivity contribution in [2.75, 3.05) is 5.32 Å². The van der Waals surface area contributed by atoms with E-state index in [-0.39, 0.29) is 5.56 Å². The maximum Gasteiger partial charge on any atom is 0.338 e. The second-order valence-corrected chi connectivity index (χ2v) is 5.03. The van der Waals surface area contributed by atoms with Crippen LogP contribution in [0.5, 0.6) is 0 Å². The maximum absolute atomic E-state index is 11.1. The standard InChI is InChI=1S/C13H11N3O2S/c1-7-5-19-6-10(7)15-13-14-9-4-2-3-8(12(17)18)11(9)16-13/h2-6H,1H3,(H,17,18)(H2,14,15,16)/p+1. The van der Waals surface area contributed by atoms with Gasteiger partial charge in [-0.15, -0.1) is 11.3 Å². The Morgan fingerprint density at radius 3 is 2.95 bits per heavy atom. The van der Waals surface area contributed by atoms with Crippen molar-refractivity contribution in [1.82, 2.24) is 0 Å². The lowest BCUT2D eigenvalue weighted by Crippen LogP contribution is -2.82. The largest absolute Gasteiger partial charge is 0.478 e. The molecule has 0 saturated carbocycles. The molecule has 2 heterocycles. The molecule has 6 heteroatoms. The summed E-state index contributed by atoms with van der Waals surface area (Å²) in [5.41, 5.74) is 3.73. The topological polar surface area (TPSA) is 78.3 Å². The summed E-state index contributed by atoms with van der Waals surface area (Å²) in [5, 5.41) is 18.3. The van der Waals surface area contributed by atoms with E-state index in [2.05, 4.69) is 10.3 Å². The molecule has 2 aromatic rings. The highest BCUT2D eigenvalue weighted by Gasteiger charge is 2.25.